The molecule has 0 aliphatic heterocycles. The lowest BCUT2D eigenvalue weighted by Gasteiger charge is -2.09. The Kier molecular flexibility index (Phi) is 5.12. The summed E-state index contributed by atoms with van der Waals surface area (Å²) in [6.45, 7) is 0.639. The molecular weight excluding hydrogens is 318 g/mol. The normalized spacial score (nSPS) is 10.2. The molecule has 1 aromatic heterocycles. The zero-order chi connectivity index (χ0) is 14.4. The fourth-order valence-electron chi connectivity index (χ4n) is 1.79. The van der Waals surface area contributed by atoms with E-state index >= 15 is 0 Å². The van der Waals surface area contributed by atoms with Gasteiger partial charge in [0.2, 0.25) is 0 Å². The molecule has 0 aliphatic carbocycles. The first-order valence-electron chi connectivity index (χ1n) is 6.32. The topological polar surface area (TPSA) is 72.0 Å². The molecule has 2 aromatic rings. The molecule has 0 bridgehead atoms. The summed E-state index contributed by atoms with van der Waals surface area (Å²) in [6.07, 6.45) is 5.50. The van der Waals surface area contributed by atoms with E-state index in [4.69, 9.17) is 15.9 Å². The van der Waals surface area contributed by atoms with E-state index in [9.17, 15) is 0 Å². The van der Waals surface area contributed by atoms with Gasteiger partial charge in [-0.1, -0.05) is 0 Å². The van der Waals surface area contributed by atoms with Gasteiger partial charge < -0.3 is 10.5 Å². The third kappa shape index (κ3) is 4.06. The Morgan fingerprint density at radius 1 is 1.25 bits per heavy atom. The van der Waals surface area contributed by atoms with Crippen LogP contribution in [-0.2, 0) is 6.42 Å². The maximum atomic E-state index is 7.38. The van der Waals surface area contributed by atoms with Crippen molar-refractivity contribution in [3.63, 3.8) is 0 Å². The molecule has 20 heavy (non-hydrogen) atoms. The van der Waals surface area contributed by atoms with Crippen LogP contribution in [0.5, 0.6) is 5.75 Å². The van der Waals surface area contributed by atoms with Gasteiger partial charge in [-0.2, -0.15) is 0 Å². The second-order valence-electron chi connectivity index (χ2n) is 4.37. The monoisotopic (exact) mass is 333 g/mol. The van der Waals surface area contributed by atoms with Crippen LogP contribution in [0.1, 0.15) is 17.5 Å². The maximum absolute atomic E-state index is 7.38. The quantitative estimate of drug-likeness (QED) is 0.484. The maximum Gasteiger partial charge on any atom is 0.133 e. The SMILES string of the molecule is N=C(N)c1ccc(OCCCc2ccncc2)c(Br)c1. The molecule has 104 valence electrons. The smallest absolute Gasteiger partial charge is 0.133 e. The van der Waals surface area contributed by atoms with Gasteiger partial charge in [-0.25, -0.2) is 0 Å². The highest BCUT2D eigenvalue weighted by Gasteiger charge is 2.04. The lowest BCUT2D eigenvalue weighted by Crippen LogP contribution is -2.11. The molecule has 0 atom stereocenters. The minimum atomic E-state index is 0.0509. The van der Waals surface area contributed by atoms with Crippen molar-refractivity contribution in [2.45, 2.75) is 12.8 Å². The zero-order valence-corrected chi connectivity index (χ0v) is 12.6. The van der Waals surface area contributed by atoms with Gasteiger partial charge >= 0.3 is 0 Å². The molecule has 0 spiro atoms. The second kappa shape index (κ2) is 7.05. The molecular formula is C15H16BrN3O. The van der Waals surface area contributed by atoms with E-state index in [0.29, 0.717) is 12.2 Å². The first-order valence-corrected chi connectivity index (χ1v) is 7.12. The van der Waals surface area contributed by atoms with Crippen molar-refractivity contribution in [1.82, 2.24) is 4.98 Å². The summed E-state index contributed by atoms with van der Waals surface area (Å²) in [7, 11) is 0. The Labute approximate surface area is 126 Å². The summed E-state index contributed by atoms with van der Waals surface area (Å²) in [5, 5.41) is 7.38. The Morgan fingerprint density at radius 3 is 2.65 bits per heavy atom. The number of nitrogens with zero attached hydrogens (tertiary/aromatic N) is 1. The minimum Gasteiger partial charge on any atom is -0.492 e. The van der Waals surface area contributed by atoms with Crippen molar-refractivity contribution in [3.8, 4) is 5.75 Å². The minimum absolute atomic E-state index is 0.0509. The standard InChI is InChI=1S/C15H16BrN3O/c16-13-10-12(15(17)18)3-4-14(13)20-9-1-2-11-5-7-19-8-6-11/h3-8,10H,1-2,9H2,(H3,17,18). The summed E-state index contributed by atoms with van der Waals surface area (Å²) in [5.41, 5.74) is 7.38. The molecule has 1 heterocycles. The number of hydrogen-bond donors (Lipinski definition) is 2. The molecule has 1 aromatic carbocycles. The largest absolute Gasteiger partial charge is 0.492 e. The molecule has 0 unspecified atom stereocenters. The summed E-state index contributed by atoms with van der Waals surface area (Å²) >= 11 is 3.43. The van der Waals surface area contributed by atoms with E-state index in [-0.39, 0.29) is 5.84 Å². The van der Waals surface area contributed by atoms with Crippen LogP contribution in [-0.4, -0.2) is 17.4 Å². The van der Waals surface area contributed by atoms with Crippen LogP contribution in [0.3, 0.4) is 0 Å². The summed E-state index contributed by atoms with van der Waals surface area (Å²) in [5.74, 6) is 0.819. The molecule has 2 rings (SSSR count). The predicted molar refractivity (Wildman–Crippen MR) is 83.2 cm³/mol. The number of aromatic nitrogens is 1. The number of amidine groups is 1. The van der Waals surface area contributed by atoms with Gasteiger partial charge in [0.05, 0.1) is 11.1 Å². The van der Waals surface area contributed by atoms with Crippen LogP contribution >= 0.6 is 15.9 Å². The van der Waals surface area contributed by atoms with Gasteiger partial charge in [0.1, 0.15) is 11.6 Å². The van der Waals surface area contributed by atoms with Crippen LogP contribution in [0.25, 0.3) is 0 Å². The van der Waals surface area contributed by atoms with E-state index in [2.05, 4.69) is 20.9 Å². The molecule has 5 heteroatoms. The molecule has 0 radical (unpaired) electrons. The lowest BCUT2D eigenvalue weighted by atomic mass is 10.1. The molecule has 0 amide bonds. The van der Waals surface area contributed by atoms with Crippen LogP contribution in [0, 0.1) is 5.41 Å². The summed E-state index contributed by atoms with van der Waals surface area (Å²) < 4.78 is 6.53. The number of aryl methyl sites for hydroxylation is 1. The van der Waals surface area contributed by atoms with Gasteiger partial charge in [-0.15, -0.1) is 0 Å². The number of hydrogen-bond acceptors (Lipinski definition) is 3. The van der Waals surface area contributed by atoms with Gasteiger partial charge in [-0.05, 0) is 64.7 Å². The molecule has 3 N–H and O–H groups in total. The van der Waals surface area contributed by atoms with E-state index < -0.39 is 0 Å². The van der Waals surface area contributed by atoms with Crippen molar-refractivity contribution in [2.75, 3.05) is 6.61 Å². The third-order valence-corrected chi connectivity index (χ3v) is 3.48. The molecule has 0 saturated heterocycles. The van der Waals surface area contributed by atoms with Crippen LogP contribution in [0.2, 0.25) is 0 Å². The summed E-state index contributed by atoms with van der Waals surface area (Å²) in [4.78, 5) is 3.99. The molecule has 0 aliphatic rings. The number of nitrogens with two attached hydrogens (primary N) is 1. The highest BCUT2D eigenvalue weighted by Crippen LogP contribution is 2.26. The number of ether oxygens (including phenoxy) is 1. The van der Waals surface area contributed by atoms with Gasteiger partial charge in [-0.3, -0.25) is 10.4 Å². The Hall–Kier alpha value is -1.88. The summed E-state index contributed by atoms with van der Waals surface area (Å²) in [6, 6.07) is 9.42. The van der Waals surface area contributed by atoms with E-state index in [1.165, 1.54) is 5.56 Å². The van der Waals surface area contributed by atoms with E-state index in [0.717, 1.165) is 23.1 Å². The third-order valence-electron chi connectivity index (χ3n) is 2.86. The van der Waals surface area contributed by atoms with Crippen molar-refractivity contribution >= 4 is 21.8 Å². The van der Waals surface area contributed by atoms with Crippen LogP contribution in [0.15, 0.2) is 47.2 Å². The van der Waals surface area contributed by atoms with Crippen molar-refractivity contribution in [1.29, 1.82) is 5.41 Å². The van der Waals surface area contributed by atoms with Gasteiger partial charge in [0, 0.05) is 18.0 Å². The lowest BCUT2D eigenvalue weighted by molar-refractivity contribution is 0.309. The first-order chi connectivity index (χ1) is 9.66. The number of rotatable bonds is 6. The van der Waals surface area contributed by atoms with Crippen molar-refractivity contribution in [3.05, 3.63) is 58.3 Å². The predicted octanol–water partition coefficient (Wildman–Crippen LogP) is 3.14. The van der Waals surface area contributed by atoms with Gasteiger partial charge in [0.25, 0.3) is 0 Å². The van der Waals surface area contributed by atoms with Crippen LogP contribution < -0.4 is 10.5 Å². The van der Waals surface area contributed by atoms with Crippen molar-refractivity contribution < 1.29 is 4.74 Å². The van der Waals surface area contributed by atoms with Gasteiger partial charge in [0.15, 0.2) is 0 Å². The number of nitrogens with one attached hydrogen (secondary N) is 1. The first kappa shape index (κ1) is 14.5. The second-order valence-corrected chi connectivity index (χ2v) is 5.22. The highest BCUT2D eigenvalue weighted by molar-refractivity contribution is 9.10. The Bertz CT molecular complexity index is 587. The average molecular weight is 334 g/mol. The average Bonchev–Trinajstić information content (AvgIpc) is 2.46. The zero-order valence-electron chi connectivity index (χ0n) is 11.0. The molecule has 0 saturated carbocycles. The molecule has 0 fully saturated rings. The van der Waals surface area contributed by atoms with E-state index in [1.54, 1.807) is 24.5 Å². The fraction of sp³-hybridized carbons (Fsp3) is 0.200. The number of halogens is 1. The fourth-order valence-corrected chi connectivity index (χ4v) is 2.29. The molecule has 4 nitrogen and oxygen atoms in total. The number of benzene rings is 1. The number of pyridine rings is 1. The highest BCUT2D eigenvalue weighted by atomic mass is 79.9. The van der Waals surface area contributed by atoms with Crippen molar-refractivity contribution in [2.24, 2.45) is 5.73 Å². The van der Waals surface area contributed by atoms with E-state index in [1.807, 2.05) is 18.2 Å². The Morgan fingerprint density at radius 2 is 2.00 bits per heavy atom. The number of nitrogen functional groups attached to an aromatic ring is 1. The van der Waals surface area contributed by atoms with Crippen LogP contribution in [0.4, 0.5) is 0 Å². The Balaban J connectivity index is 1.84.